The van der Waals surface area contributed by atoms with Crippen LogP contribution in [0, 0.1) is 18.8 Å². The van der Waals surface area contributed by atoms with Crippen molar-refractivity contribution < 1.29 is 14.7 Å². The summed E-state index contributed by atoms with van der Waals surface area (Å²) in [5, 5.41) is 13.9. The maximum Gasteiger partial charge on any atom is 0.228 e. The summed E-state index contributed by atoms with van der Waals surface area (Å²) < 4.78 is 0.780. The minimum absolute atomic E-state index is 0.284. The number of nitrogens with one attached hydrogen (secondary N) is 1. The number of amides is 1. The van der Waals surface area contributed by atoms with E-state index in [-0.39, 0.29) is 5.91 Å². The summed E-state index contributed by atoms with van der Waals surface area (Å²) in [5.41, 5.74) is 1.72. The number of aryl methyl sites for hydroxylation is 1. The van der Waals surface area contributed by atoms with Crippen LogP contribution < -0.4 is 10.4 Å². The van der Waals surface area contributed by atoms with E-state index in [4.69, 9.17) is 0 Å². The van der Waals surface area contributed by atoms with Crippen LogP contribution in [0.15, 0.2) is 34.8 Å². The smallest absolute Gasteiger partial charge is 0.228 e. The van der Waals surface area contributed by atoms with Crippen molar-refractivity contribution in [3.05, 3.63) is 40.4 Å². The first kappa shape index (κ1) is 14.8. The fourth-order valence-electron chi connectivity index (χ4n) is 2.31. The van der Waals surface area contributed by atoms with Crippen molar-refractivity contribution in [2.24, 2.45) is 11.8 Å². The van der Waals surface area contributed by atoms with Crippen molar-refractivity contribution in [2.45, 2.75) is 19.8 Å². The molecule has 0 radical (unpaired) electrons. The van der Waals surface area contributed by atoms with Crippen molar-refractivity contribution >= 4 is 33.5 Å². The fourth-order valence-corrected chi connectivity index (χ4v) is 2.90. The Morgan fingerprint density at radius 2 is 1.90 bits per heavy atom. The third-order valence-electron chi connectivity index (χ3n) is 3.45. The first-order chi connectivity index (χ1) is 9.49. The largest absolute Gasteiger partial charge is 0.550 e. The second-order valence-corrected chi connectivity index (χ2v) is 5.80. The number of hydrogen-bond acceptors (Lipinski definition) is 3. The maximum atomic E-state index is 12.3. The summed E-state index contributed by atoms with van der Waals surface area (Å²) >= 11 is 3.39. The third-order valence-corrected chi connectivity index (χ3v) is 4.11. The number of benzene rings is 1. The zero-order valence-electron chi connectivity index (χ0n) is 11.1. The highest BCUT2D eigenvalue weighted by atomic mass is 79.9. The Labute approximate surface area is 126 Å². The summed E-state index contributed by atoms with van der Waals surface area (Å²) in [6.45, 7) is 1.95. The van der Waals surface area contributed by atoms with Crippen LogP contribution in [-0.4, -0.2) is 11.9 Å². The Hall–Kier alpha value is -1.62. The molecule has 0 spiro atoms. The van der Waals surface area contributed by atoms with E-state index in [0.29, 0.717) is 18.5 Å². The van der Waals surface area contributed by atoms with E-state index >= 15 is 0 Å². The number of allylic oxidation sites excluding steroid dienone is 2. The molecule has 1 aliphatic rings. The van der Waals surface area contributed by atoms with Crippen molar-refractivity contribution in [3.8, 4) is 0 Å². The first-order valence-corrected chi connectivity index (χ1v) is 7.21. The fraction of sp³-hybridized carbons (Fsp3) is 0.333. The number of carbonyl (C=O) groups excluding carboxylic acids is 2. The number of rotatable bonds is 3. The number of carbonyl (C=O) groups is 2. The molecule has 0 unspecified atom stereocenters. The molecule has 0 aliphatic heterocycles. The molecule has 1 N–H and O–H groups in total. The number of carboxylic acids is 1. The molecule has 0 heterocycles. The van der Waals surface area contributed by atoms with Gasteiger partial charge in [0.15, 0.2) is 0 Å². The van der Waals surface area contributed by atoms with Crippen LogP contribution in [0.4, 0.5) is 5.69 Å². The molecule has 1 aliphatic carbocycles. The van der Waals surface area contributed by atoms with Gasteiger partial charge in [0.05, 0.1) is 11.6 Å². The minimum Gasteiger partial charge on any atom is -0.550 e. The molecule has 0 saturated carbocycles. The molecule has 106 valence electrons. The standard InChI is InChI=1S/C15H16BrNO3/c1-9-6-7-13(12(16)8-9)17-14(18)10-4-2-3-5-11(10)15(19)20/h2-3,6-8,10-11H,4-5H2,1H3,(H,17,18)(H,19,20)/p-1/t10-,11+/m0/s1. The molecule has 0 bridgehead atoms. The quantitative estimate of drug-likeness (QED) is 0.858. The summed E-state index contributed by atoms with van der Waals surface area (Å²) in [6.07, 6.45) is 4.39. The van der Waals surface area contributed by atoms with Crippen molar-refractivity contribution in [2.75, 3.05) is 5.32 Å². The van der Waals surface area contributed by atoms with Gasteiger partial charge < -0.3 is 15.2 Å². The first-order valence-electron chi connectivity index (χ1n) is 6.42. The van der Waals surface area contributed by atoms with Crippen LogP contribution in [0.2, 0.25) is 0 Å². The molecule has 0 fully saturated rings. The molecule has 0 aromatic heterocycles. The van der Waals surface area contributed by atoms with E-state index in [1.54, 1.807) is 12.1 Å². The molecule has 2 atom stereocenters. The van der Waals surface area contributed by atoms with Crippen LogP contribution in [0.1, 0.15) is 18.4 Å². The molecule has 1 aromatic rings. The minimum atomic E-state index is -1.17. The van der Waals surface area contributed by atoms with Crippen molar-refractivity contribution in [1.82, 2.24) is 0 Å². The van der Waals surface area contributed by atoms with Gasteiger partial charge in [-0.3, -0.25) is 4.79 Å². The van der Waals surface area contributed by atoms with Crippen LogP contribution in [-0.2, 0) is 9.59 Å². The predicted molar refractivity (Wildman–Crippen MR) is 77.9 cm³/mol. The lowest BCUT2D eigenvalue weighted by Crippen LogP contribution is -2.41. The maximum absolute atomic E-state index is 12.3. The Morgan fingerprint density at radius 3 is 2.50 bits per heavy atom. The van der Waals surface area contributed by atoms with E-state index in [2.05, 4.69) is 21.2 Å². The van der Waals surface area contributed by atoms with Crippen LogP contribution in [0.25, 0.3) is 0 Å². The van der Waals surface area contributed by atoms with Crippen molar-refractivity contribution in [3.63, 3.8) is 0 Å². The topological polar surface area (TPSA) is 69.2 Å². The average Bonchev–Trinajstić information content (AvgIpc) is 2.41. The van der Waals surface area contributed by atoms with Gasteiger partial charge in [0.25, 0.3) is 0 Å². The van der Waals surface area contributed by atoms with Crippen LogP contribution in [0.3, 0.4) is 0 Å². The SMILES string of the molecule is Cc1ccc(NC(=O)[C@H]2CC=CC[C@H]2C(=O)[O-])c(Br)c1. The Kier molecular flexibility index (Phi) is 4.60. The summed E-state index contributed by atoms with van der Waals surface area (Å²) in [5.74, 6) is -2.80. The summed E-state index contributed by atoms with van der Waals surface area (Å²) in [6, 6.07) is 5.58. The number of anilines is 1. The number of carboxylic acid groups (broad SMARTS) is 1. The molecular weight excluding hydrogens is 322 g/mol. The molecule has 20 heavy (non-hydrogen) atoms. The zero-order chi connectivity index (χ0) is 14.7. The van der Waals surface area contributed by atoms with Gasteiger partial charge in [0, 0.05) is 16.4 Å². The van der Waals surface area contributed by atoms with E-state index in [0.717, 1.165) is 10.0 Å². The second kappa shape index (κ2) is 6.22. The molecule has 2 rings (SSSR count). The van der Waals surface area contributed by atoms with Gasteiger partial charge in [-0.1, -0.05) is 18.2 Å². The Bertz CT molecular complexity index is 568. The van der Waals surface area contributed by atoms with Gasteiger partial charge in [-0.15, -0.1) is 0 Å². The van der Waals surface area contributed by atoms with Gasteiger partial charge in [-0.25, -0.2) is 0 Å². The Balaban J connectivity index is 2.14. The van der Waals surface area contributed by atoms with Gasteiger partial charge in [-0.05, 0) is 53.4 Å². The van der Waals surface area contributed by atoms with Gasteiger partial charge >= 0.3 is 0 Å². The molecular formula is C15H15BrNO3-. The van der Waals surface area contributed by atoms with Gasteiger partial charge in [0.1, 0.15) is 0 Å². The normalized spacial score (nSPS) is 21.5. The van der Waals surface area contributed by atoms with Gasteiger partial charge in [-0.2, -0.15) is 0 Å². The highest BCUT2D eigenvalue weighted by molar-refractivity contribution is 9.10. The number of aliphatic carboxylic acids is 1. The summed E-state index contributed by atoms with van der Waals surface area (Å²) in [4.78, 5) is 23.4. The van der Waals surface area contributed by atoms with E-state index < -0.39 is 17.8 Å². The average molecular weight is 337 g/mol. The molecule has 0 saturated heterocycles. The zero-order valence-corrected chi connectivity index (χ0v) is 12.6. The van der Waals surface area contributed by atoms with Crippen LogP contribution >= 0.6 is 15.9 Å². The lowest BCUT2D eigenvalue weighted by molar-refractivity contribution is -0.313. The lowest BCUT2D eigenvalue weighted by atomic mass is 9.82. The highest BCUT2D eigenvalue weighted by Gasteiger charge is 2.30. The summed E-state index contributed by atoms with van der Waals surface area (Å²) in [7, 11) is 0. The van der Waals surface area contributed by atoms with E-state index in [1.165, 1.54) is 0 Å². The molecule has 1 amide bonds. The number of halogens is 1. The number of hydrogen-bond donors (Lipinski definition) is 1. The molecule has 5 heteroatoms. The third kappa shape index (κ3) is 3.28. The highest BCUT2D eigenvalue weighted by Crippen LogP contribution is 2.29. The van der Waals surface area contributed by atoms with Crippen molar-refractivity contribution in [1.29, 1.82) is 0 Å². The van der Waals surface area contributed by atoms with Gasteiger partial charge in [0.2, 0.25) is 5.91 Å². The molecule has 4 nitrogen and oxygen atoms in total. The predicted octanol–water partition coefficient (Wildman–Crippen LogP) is 2.03. The molecule has 1 aromatic carbocycles. The second-order valence-electron chi connectivity index (χ2n) is 4.95. The van der Waals surface area contributed by atoms with E-state index in [9.17, 15) is 14.7 Å². The monoisotopic (exact) mass is 336 g/mol. The lowest BCUT2D eigenvalue weighted by Gasteiger charge is -2.28. The van der Waals surface area contributed by atoms with Crippen LogP contribution in [0.5, 0.6) is 0 Å². The Morgan fingerprint density at radius 1 is 1.25 bits per heavy atom. The van der Waals surface area contributed by atoms with E-state index in [1.807, 2.05) is 25.1 Å².